The largest absolute Gasteiger partial charge is 0.353 e. The smallest absolute Gasteiger partial charge is 0.274 e. The maximum Gasteiger partial charge on any atom is 0.274 e. The average Bonchev–Trinajstić information content (AvgIpc) is 3.24. The third-order valence-corrected chi connectivity index (χ3v) is 5.21. The van der Waals surface area contributed by atoms with E-state index in [0.717, 1.165) is 64.5 Å². The lowest BCUT2D eigenvalue weighted by Gasteiger charge is -2.35. The van der Waals surface area contributed by atoms with Crippen molar-refractivity contribution in [2.75, 3.05) is 44.2 Å². The molecule has 0 spiro atoms. The molecule has 2 aliphatic rings. The van der Waals surface area contributed by atoms with Crippen LogP contribution in [0.1, 0.15) is 28.9 Å². The summed E-state index contributed by atoms with van der Waals surface area (Å²) in [6, 6.07) is 14.3. The quantitative estimate of drug-likeness (QED) is 0.844. The van der Waals surface area contributed by atoms with Crippen molar-refractivity contribution in [3.8, 4) is 0 Å². The molecule has 4 rings (SSSR count). The molecular weight excluding hydrogens is 326 g/mol. The number of aromatic nitrogens is 2. The first-order valence-electron chi connectivity index (χ1n) is 9.44. The number of benzene rings is 1. The first kappa shape index (κ1) is 17.0. The van der Waals surface area contributed by atoms with Crippen molar-refractivity contribution in [1.82, 2.24) is 20.0 Å². The molecule has 2 aromatic rings. The number of likely N-dealkylation sites (tertiary alicyclic amines) is 1. The van der Waals surface area contributed by atoms with Crippen molar-refractivity contribution in [2.24, 2.45) is 0 Å². The number of amides is 1. The topological polar surface area (TPSA) is 52.6 Å². The molecule has 2 aliphatic heterocycles. The van der Waals surface area contributed by atoms with Crippen LogP contribution in [0.25, 0.3) is 0 Å². The van der Waals surface area contributed by atoms with Gasteiger partial charge in [0.15, 0.2) is 11.5 Å². The van der Waals surface area contributed by atoms with Crippen molar-refractivity contribution in [3.63, 3.8) is 0 Å². The maximum absolute atomic E-state index is 12.4. The molecule has 3 heterocycles. The summed E-state index contributed by atoms with van der Waals surface area (Å²) in [7, 11) is 0. The molecule has 136 valence electrons. The Morgan fingerprint density at radius 1 is 0.846 bits per heavy atom. The predicted molar refractivity (Wildman–Crippen MR) is 101 cm³/mol. The summed E-state index contributed by atoms with van der Waals surface area (Å²) >= 11 is 0. The van der Waals surface area contributed by atoms with Gasteiger partial charge >= 0.3 is 0 Å². The van der Waals surface area contributed by atoms with Crippen LogP contribution < -0.4 is 4.90 Å². The summed E-state index contributed by atoms with van der Waals surface area (Å²) in [6.45, 7) is 6.54. The molecule has 0 aliphatic carbocycles. The van der Waals surface area contributed by atoms with Crippen LogP contribution in [0.3, 0.4) is 0 Å². The minimum Gasteiger partial charge on any atom is -0.353 e. The van der Waals surface area contributed by atoms with Crippen LogP contribution in [0, 0.1) is 0 Å². The molecular formula is C20H25N5O. The Labute approximate surface area is 154 Å². The fourth-order valence-electron chi connectivity index (χ4n) is 3.67. The summed E-state index contributed by atoms with van der Waals surface area (Å²) in [6.07, 6.45) is 2.18. The van der Waals surface area contributed by atoms with Crippen LogP contribution in [0.15, 0.2) is 42.5 Å². The van der Waals surface area contributed by atoms with Gasteiger partial charge in [-0.05, 0) is 30.5 Å². The van der Waals surface area contributed by atoms with Crippen LogP contribution in [0.5, 0.6) is 0 Å². The molecule has 6 nitrogen and oxygen atoms in total. The Morgan fingerprint density at radius 3 is 2.23 bits per heavy atom. The molecule has 0 radical (unpaired) electrons. The van der Waals surface area contributed by atoms with Gasteiger partial charge in [0.1, 0.15) is 0 Å². The lowest BCUT2D eigenvalue weighted by molar-refractivity contribution is 0.0786. The second kappa shape index (κ2) is 7.83. The average molecular weight is 351 g/mol. The highest BCUT2D eigenvalue weighted by atomic mass is 16.2. The number of nitrogens with zero attached hydrogens (tertiary/aromatic N) is 5. The van der Waals surface area contributed by atoms with E-state index in [1.807, 2.05) is 17.0 Å². The molecule has 1 aromatic heterocycles. The van der Waals surface area contributed by atoms with Gasteiger partial charge in [0.25, 0.3) is 5.91 Å². The Hall–Kier alpha value is -2.47. The molecule has 0 saturated carbocycles. The molecule has 26 heavy (non-hydrogen) atoms. The first-order chi connectivity index (χ1) is 12.8. The van der Waals surface area contributed by atoms with Crippen molar-refractivity contribution in [2.45, 2.75) is 19.4 Å². The van der Waals surface area contributed by atoms with Crippen molar-refractivity contribution >= 4 is 11.7 Å². The number of hydrogen-bond donors (Lipinski definition) is 0. The van der Waals surface area contributed by atoms with Gasteiger partial charge in [-0.1, -0.05) is 30.3 Å². The molecule has 6 heteroatoms. The lowest BCUT2D eigenvalue weighted by Crippen LogP contribution is -2.46. The van der Waals surface area contributed by atoms with E-state index in [1.54, 1.807) is 0 Å². The van der Waals surface area contributed by atoms with Gasteiger partial charge in [-0.3, -0.25) is 9.69 Å². The zero-order chi connectivity index (χ0) is 17.8. The maximum atomic E-state index is 12.4. The number of anilines is 1. The molecule has 1 amide bonds. The minimum atomic E-state index is 0.00855. The molecule has 2 fully saturated rings. The van der Waals surface area contributed by atoms with E-state index in [0.29, 0.717) is 5.69 Å². The van der Waals surface area contributed by atoms with Gasteiger partial charge in [-0.15, -0.1) is 10.2 Å². The van der Waals surface area contributed by atoms with Crippen LogP contribution in [-0.4, -0.2) is 65.2 Å². The van der Waals surface area contributed by atoms with Crippen molar-refractivity contribution in [3.05, 3.63) is 53.7 Å². The van der Waals surface area contributed by atoms with E-state index < -0.39 is 0 Å². The molecule has 0 bridgehead atoms. The predicted octanol–water partition coefficient (Wildman–Crippen LogP) is 2.03. The van der Waals surface area contributed by atoms with E-state index in [9.17, 15) is 4.79 Å². The number of carbonyl (C=O) groups is 1. The van der Waals surface area contributed by atoms with Crippen LogP contribution in [-0.2, 0) is 6.54 Å². The molecule has 2 saturated heterocycles. The summed E-state index contributed by atoms with van der Waals surface area (Å²) in [5.41, 5.74) is 1.81. The van der Waals surface area contributed by atoms with Crippen molar-refractivity contribution < 1.29 is 4.79 Å². The highest BCUT2D eigenvalue weighted by molar-refractivity contribution is 5.92. The number of rotatable bonds is 4. The van der Waals surface area contributed by atoms with Crippen LogP contribution in [0.4, 0.5) is 5.82 Å². The number of carbonyl (C=O) groups excluding carboxylic acids is 1. The Balaban J connectivity index is 1.32. The fourth-order valence-corrected chi connectivity index (χ4v) is 3.67. The van der Waals surface area contributed by atoms with Gasteiger partial charge < -0.3 is 9.80 Å². The van der Waals surface area contributed by atoms with E-state index in [2.05, 4.69) is 50.3 Å². The Bertz CT molecular complexity index is 720. The highest BCUT2D eigenvalue weighted by Gasteiger charge is 2.22. The van der Waals surface area contributed by atoms with E-state index >= 15 is 0 Å². The summed E-state index contributed by atoms with van der Waals surface area (Å²) < 4.78 is 0. The number of piperazine rings is 1. The van der Waals surface area contributed by atoms with Crippen molar-refractivity contribution in [1.29, 1.82) is 0 Å². The Kier molecular flexibility index (Phi) is 5.11. The molecule has 1 aromatic carbocycles. The van der Waals surface area contributed by atoms with Gasteiger partial charge in [0.2, 0.25) is 0 Å². The van der Waals surface area contributed by atoms with E-state index in [1.165, 1.54) is 5.56 Å². The molecule has 0 unspecified atom stereocenters. The third kappa shape index (κ3) is 3.85. The zero-order valence-electron chi connectivity index (χ0n) is 15.0. The summed E-state index contributed by atoms with van der Waals surface area (Å²) in [5, 5.41) is 8.50. The lowest BCUT2D eigenvalue weighted by atomic mass is 10.2. The second-order valence-corrected chi connectivity index (χ2v) is 7.02. The number of hydrogen-bond acceptors (Lipinski definition) is 5. The zero-order valence-corrected chi connectivity index (χ0v) is 15.0. The normalized spacial score (nSPS) is 18.3. The van der Waals surface area contributed by atoms with Gasteiger partial charge in [0, 0.05) is 45.8 Å². The standard InChI is InChI=1S/C20H25N5O/c26-20(25-10-4-5-11-25)18-8-9-19(22-21-18)24-14-12-23(13-15-24)16-17-6-2-1-3-7-17/h1-3,6-9H,4-5,10-16H2. The van der Waals surface area contributed by atoms with Crippen LogP contribution >= 0.6 is 0 Å². The van der Waals surface area contributed by atoms with Gasteiger partial charge in [-0.2, -0.15) is 0 Å². The summed E-state index contributed by atoms with van der Waals surface area (Å²) in [4.78, 5) is 18.9. The van der Waals surface area contributed by atoms with Crippen LogP contribution in [0.2, 0.25) is 0 Å². The highest BCUT2D eigenvalue weighted by Crippen LogP contribution is 2.16. The Morgan fingerprint density at radius 2 is 1.58 bits per heavy atom. The second-order valence-electron chi connectivity index (χ2n) is 7.02. The first-order valence-corrected chi connectivity index (χ1v) is 9.44. The molecule has 0 N–H and O–H groups in total. The van der Waals surface area contributed by atoms with Gasteiger partial charge in [0.05, 0.1) is 0 Å². The fraction of sp³-hybridized carbons (Fsp3) is 0.450. The van der Waals surface area contributed by atoms with Gasteiger partial charge in [-0.25, -0.2) is 0 Å². The summed E-state index contributed by atoms with van der Waals surface area (Å²) in [5.74, 6) is 0.872. The third-order valence-electron chi connectivity index (χ3n) is 5.21. The molecule has 0 atom stereocenters. The minimum absolute atomic E-state index is 0.00855. The SMILES string of the molecule is O=C(c1ccc(N2CCN(Cc3ccccc3)CC2)nn1)N1CCCC1. The monoisotopic (exact) mass is 351 g/mol. The van der Waals surface area contributed by atoms with E-state index in [4.69, 9.17) is 0 Å². The van der Waals surface area contributed by atoms with E-state index in [-0.39, 0.29) is 5.91 Å².